The maximum absolute atomic E-state index is 12.5. The van der Waals surface area contributed by atoms with E-state index in [1.54, 1.807) is 11.6 Å². The van der Waals surface area contributed by atoms with Gasteiger partial charge in [0.25, 0.3) is 5.91 Å². The Morgan fingerprint density at radius 3 is 2.50 bits per heavy atom. The molecule has 2 heterocycles. The van der Waals surface area contributed by atoms with E-state index in [-0.39, 0.29) is 5.91 Å². The molecule has 1 aromatic carbocycles. The van der Waals surface area contributed by atoms with Gasteiger partial charge >= 0.3 is 0 Å². The SMILES string of the molecule is CCN1CCN(C(=O)C(C)Oc2ccc(-n3cnnn3)cc2)CC1. The Morgan fingerprint density at radius 2 is 1.92 bits per heavy atom. The fraction of sp³-hybridized carbons (Fsp3) is 0.500. The number of benzene rings is 1. The summed E-state index contributed by atoms with van der Waals surface area (Å²) >= 11 is 0. The summed E-state index contributed by atoms with van der Waals surface area (Å²) in [5.41, 5.74) is 0.835. The zero-order valence-corrected chi connectivity index (χ0v) is 14.0. The standard InChI is InChI=1S/C16H22N6O2/c1-3-20-8-10-21(11-9-20)16(23)13(2)24-15-6-4-14(5-7-15)22-12-17-18-19-22/h4-7,12-13H,3,8-11H2,1-2H3. The Bertz CT molecular complexity index is 650. The Labute approximate surface area is 141 Å². The lowest BCUT2D eigenvalue weighted by Crippen LogP contribution is -2.51. The lowest BCUT2D eigenvalue weighted by molar-refractivity contribution is -0.139. The molecule has 8 heteroatoms. The van der Waals surface area contributed by atoms with Crippen molar-refractivity contribution in [2.45, 2.75) is 20.0 Å². The largest absolute Gasteiger partial charge is 0.481 e. The van der Waals surface area contributed by atoms with E-state index in [1.807, 2.05) is 29.2 Å². The van der Waals surface area contributed by atoms with E-state index < -0.39 is 6.10 Å². The fourth-order valence-electron chi connectivity index (χ4n) is 2.75. The molecule has 0 saturated carbocycles. The van der Waals surface area contributed by atoms with Crippen LogP contribution in [0.3, 0.4) is 0 Å². The van der Waals surface area contributed by atoms with Crippen LogP contribution in [0.5, 0.6) is 5.75 Å². The summed E-state index contributed by atoms with van der Waals surface area (Å²) in [5, 5.41) is 11.0. The van der Waals surface area contributed by atoms with Gasteiger partial charge in [-0.2, -0.15) is 0 Å². The van der Waals surface area contributed by atoms with Gasteiger partial charge in [0.15, 0.2) is 6.10 Å². The average molecular weight is 330 g/mol. The van der Waals surface area contributed by atoms with Crippen LogP contribution in [0.2, 0.25) is 0 Å². The number of hydrogen-bond acceptors (Lipinski definition) is 6. The quantitative estimate of drug-likeness (QED) is 0.799. The average Bonchev–Trinajstić information content (AvgIpc) is 3.16. The van der Waals surface area contributed by atoms with Gasteiger partial charge in [0.2, 0.25) is 0 Å². The van der Waals surface area contributed by atoms with Gasteiger partial charge in [0, 0.05) is 26.2 Å². The predicted octanol–water partition coefficient (Wildman–Crippen LogP) is 0.594. The van der Waals surface area contributed by atoms with Crippen molar-refractivity contribution in [2.24, 2.45) is 0 Å². The normalized spacial score (nSPS) is 16.8. The smallest absolute Gasteiger partial charge is 0.263 e. The third kappa shape index (κ3) is 3.70. The van der Waals surface area contributed by atoms with Gasteiger partial charge in [-0.05, 0) is 48.2 Å². The van der Waals surface area contributed by atoms with Crippen molar-refractivity contribution in [1.29, 1.82) is 0 Å². The lowest BCUT2D eigenvalue weighted by Gasteiger charge is -2.35. The third-order valence-corrected chi connectivity index (χ3v) is 4.24. The van der Waals surface area contributed by atoms with Crippen molar-refractivity contribution in [2.75, 3.05) is 32.7 Å². The number of piperazine rings is 1. The summed E-state index contributed by atoms with van der Waals surface area (Å²) in [5.74, 6) is 0.690. The number of hydrogen-bond donors (Lipinski definition) is 0. The number of rotatable bonds is 5. The molecule has 1 atom stereocenters. The monoisotopic (exact) mass is 330 g/mol. The molecule has 0 aliphatic carbocycles. The third-order valence-electron chi connectivity index (χ3n) is 4.24. The molecule has 1 amide bonds. The molecule has 0 radical (unpaired) electrons. The highest BCUT2D eigenvalue weighted by Crippen LogP contribution is 2.16. The van der Waals surface area contributed by atoms with E-state index in [1.165, 1.54) is 6.33 Å². The van der Waals surface area contributed by atoms with Gasteiger partial charge < -0.3 is 14.5 Å². The molecule has 128 valence electrons. The molecule has 1 aliphatic rings. The number of aromatic nitrogens is 4. The Balaban J connectivity index is 1.56. The molecule has 24 heavy (non-hydrogen) atoms. The van der Waals surface area contributed by atoms with Crippen LogP contribution in [-0.2, 0) is 4.79 Å². The Hall–Kier alpha value is -2.48. The van der Waals surface area contributed by atoms with E-state index in [0.717, 1.165) is 38.4 Å². The maximum atomic E-state index is 12.5. The minimum absolute atomic E-state index is 0.0373. The summed E-state index contributed by atoms with van der Waals surface area (Å²) < 4.78 is 7.35. The van der Waals surface area contributed by atoms with Gasteiger partial charge in [0.05, 0.1) is 5.69 Å². The van der Waals surface area contributed by atoms with Crippen molar-refractivity contribution < 1.29 is 9.53 Å². The highest BCUT2D eigenvalue weighted by atomic mass is 16.5. The first kappa shape index (κ1) is 16.4. The minimum atomic E-state index is -0.503. The molecule has 1 aromatic heterocycles. The summed E-state index contributed by atoms with van der Waals surface area (Å²) in [6, 6.07) is 7.33. The van der Waals surface area contributed by atoms with Crippen LogP contribution in [0.1, 0.15) is 13.8 Å². The van der Waals surface area contributed by atoms with E-state index in [2.05, 4.69) is 27.3 Å². The fourth-order valence-corrected chi connectivity index (χ4v) is 2.75. The van der Waals surface area contributed by atoms with Crippen LogP contribution in [-0.4, -0.2) is 74.7 Å². The van der Waals surface area contributed by atoms with E-state index in [9.17, 15) is 4.79 Å². The molecular formula is C16H22N6O2. The number of carbonyl (C=O) groups is 1. The van der Waals surface area contributed by atoms with Crippen molar-refractivity contribution in [1.82, 2.24) is 30.0 Å². The minimum Gasteiger partial charge on any atom is -0.481 e. The molecule has 2 aromatic rings. The molecule has 0 N–H and O–H groups in total. The number of amides is 1. The van der Waals surface area contributed by atoms with Crippen molar-refractivity contribution in [3.63, 3.8) is 0 Å². The van der Waals surface area contributed by atoms with Crippen molar-refractivity contribution in [3.8, 4) is 11.4 Å². The molecule has 0 spiro atoms. The van der Waals surface area contributed by atoms with Gasteiger partial charge in [-0.25, -0.2) is 4.68 Å². The van der Waals surface area contributed by atoms with E-state index >= 15 is 0 Å². The maximum Gasteiger partial charge on any atom is 0.263 e. The van der Waals surface area contributed by atoms with Crippen LogP contribution in [0, 0.1) is 0 Å². The van der Waals surface area contributed by atoms with Crippen LogP contribution >= 0.6 is 0 Å². The van der Waals surface area contributed by atoms with E-state index in [4.69, 9.17) is 4.74 Å². The van der Waals surface area contributed by atoms with Gasteiger partial charge in [-0.3, -0.25) is 4.79 Å². The highest BCUT2D eigenvalue weighted by molar-refractivity contribution is 5.81. The number of carbonyl (C=O) groups excluding carboxylic acids is 1. The first-order valence-electron chi connectivity index (χ1n) is 8.18. The van der Waals surface area contributed by atoms with Gasteiger partial charge in [-0.1, -0.05) is 6.92 Å². The lowest BCUT2D eigenvalue weighted by atomic mass is 10.2. The highest BCUT2D eigenvalue weighted by Gasteiger charge is 2.25. The molecule has 3 rings (SSSR count). The van der Waals surface area contributed by atoms with Crippen LogP contribution < -0.4 is 4.74 Å². The zero-order chi connectivity index (χ0) is 16.9. The molecular weight excluding hydrogens is 308 g/mol. The number of ether oxygens (including phenoxy) is 1. The number of nitrogens with zero attached hydrogens (tertiary/aromatic N) is 6. The van der Waals surface area contributed by atoms with Crippen molar-refractivity contribution >= 4 is 5.91 Å². The second kappa shape index (κ2) is 7.39. The van der Waals surface area contributed by atoms with Crippen molar-refractivity contribution in [3.05, 3.63) is 30.6 Å². The van der Waals surface area contributed by atoms with Crippen LogP contribution in [0.25, 0.3) is 5.69 Å². The molecule has 0 bridgehead atoms. The molecule has 1 unspecified atom stereocenters. The first-order valence-corrected chi connectivity index (χ1v) is 8.18. The second-order valence-electron chi connectivity index (χ2n) is 5.77. The molecule has 8 nitrogen and oxygen atoms in total. The topological polar surface area (TPSA) is 76.4 Å². The Kier molecular flexibility index (Phi) is 5.05. The van der Waals surface area contributed by atoms with Crippen LogP contribution in [0.4, 0.5) is 0 Å². The summed E-state index contributed by atoms with van der Waals surface area (Å²) in [4.78, 5) is 16.7. The second-order valence-corrected chi connectivity index (χ2v) is 5.77. The van der Waals surface area contributed by atoms with E-state index in [0.29, 0.717) is 5.75 Å². The first-order chi connectivity index (χ1) is 11.7. The van der Waals surface area contributed by atoms with Crippen LogP contribution in [0.15, 0.2) is 30.6 Å². The summed E-state index contributed by atoms with van der Waals surface area (Å²) in [6.45, 7) is 8.34. The zero-order valence-electron chi connectivity index (χ0n) is 14.0. The van der Waals surface area contributed by atoms with Gasteiger partial charge in [0.1, 0.15) is 12.1 Å². The number of tetrazole rings is 1. The molecule has 1 saturated heterocycles. The summed E-state index contributed by atoms with van der Waals surface area (Å²) in [6.07, 6.45) is 1.02. The van der Waals surface area contributed by atoms with Gasteiger partial charge in [-0.15, -0.1) is 5.10 Å². The predicted molar refractivity (Wildman–Crippen MR) is 87.9 cm³/mol. The molecule has 1 fully saturated rings. The Morgan fingerprint density at radius 1 is 1.21 bits per heavy atom. The number of likely N-dealkylation sites (N-methyl/N-ethyl adjacent to an activating group) is 1. The molecule has 1 aliphatic heterocycles. The summed E-state index contributed by atoms with van der Waals surface area (Å²) in [7, 11) is 0.